The third-order valence-electron chi connectivity index (χ3n) is 4.64. The van der Waals surface area contributed by atoms with Gasteiger partial charge in [0.2, 0.25) is 0 Å². The standard InChI is InChI=1S/C18H22N2O2/c1-3-22-18-10-13-12-6-4-5-7-15(12)20-16(8-9-19)14(13)11-17(18)21-2/h8,10-12,15,20H,3-7H2,1-2H3. The van der Waals surface area contributed by atoms with Crippen LogP contribution in [-0.4, -0.2) is 19.8 Å². The summed E-state index contributed by atoms with van der Waals surface area (Å²) in [6.45, 7) is 2.59. The van der Waals surface area contributed by atoms with E-state index in [9.17, 15) is 0 Å². The molecule has 0 amide bonds. The molecule has 3 rings (SSSR count). The Morgan fingerprint density at radius 3 is 2.86 bits per heavy atom. The minimum absolute atomic E-state index is 0.420. The molecule has 0 saturated heterocycles. The topological polar surface area (TPSA) is 54.3 Å². The van der Waals surface area contributed by atoms with Crippen LogP contribution in [0.2, 0.25) is 0 Å². The van der Waals surface area contributed by atoms with Crippen molar-refractivity contribution in [2.75, 3.05) is 13.7 Å². The van der Waals surface area contributed by atoms with E-state index in [-0.39, 0.29) is 0 Å². The molecule has 1 fully saturated rings. The van der Waals surface area contributed by atoms with Crippen LogP contribution in [0.25, 0.3) is 5.70 Å². The van der Waals surface area contributed by atoms with Crippen LogP contribution in [0.5, 0.6) is 11.5 Å². The van der Waals surface area contributed by atoms with E-state index in [1.54, 1.807) is 13.2 Å². The first-order valence-corrected chi connectivity index (χ1v) is 8.00. The molecule has 2 unspecified atom stereocenters. The summed E-state index contributed by atoms with van der Waals surface area (Å²) in [6, 6.07) is 6.69. The van der Waals surface area contributed by atoms with Crippen molar-refractivity contribution < 1.29 is 9.47 Å². The predicted molar refractivity (Wildman–Crippen MR) is 85.9 cm³/mol. The summed E-state index contributed by atoms with van der Waals surface area (Å²) in [4.78, 5) is 0. The van der Waals surface area contributed by atoms with E-state index < -0.39 is 0 Å². The van der Waals surface area contributed by atoms with Crippen molar-refractivity contribution >= 4 is 5.70 Å². The number of benzene rings is 1. The third kappa shape index (κ3) is 2.52. The number of nitrogens with one attached hydrogen (secondary N) is 1. The highest BCUT2D eigenvalue weighted by Gasteiger charge is 2.34. The van der Waals surface area contributed by atoms with E-state index in [1.165, 1.54) is 24.8 Å². The van der Waals surface area contributed by atoms with Crippen molar-refractivity contribution in [2.45, 2.75) is 44.6 Å². The molecule has 1 aromatic rings. The van der Waals surface area contributed by atoms with Crippen LogP contribution in [0.1, 0.15) is 49.7 Å². The Morgan fingerprint density at radius 1 is 1.32 bits per heavy atom. The number of allylic oxidation sites excluding steroid dienone is 1. The molecule has 1 saturated carbocycles. The fourth-order valence-corrected chi connectivity index (χ4v) is 3.68. The second-order valence-corrected chi connectivity index (χ2v) is 5.85. The summed E-state index contributed by atoms with van der Waals surface area (Å²) in [7, 11) is 1.65. The van der Waals surface area contributed by atoms with E-state index in [4.69, 9.17) is 14.7 Å². The maximum Gasteiger partial charge on any atom is 0.161 e. The third-order valence-corrected chi connectivity index (χ3v) is 4.64. The van der Waals surface area contributed by atoms with Gasteiger partial charge in [0.25, 0.3) is 0 Å². The first-order valence-electron chi connectivity index (χ1n) is 8.00. The minimum atomic E-state index is 0.420. The number of hydrogen-bond donors (Lipinski definition) is 1. The highest BCUT2D eigenvalue weighted by Crippen LogP contribution is 2.45. The molecule has 1 N–H and O–H groups in total. The smallest absolute Gasteiger partial charge is 0.161 e. The number of nitrogens with zero attached hydrogens (tertiary/aromatic N) is 1. The van der Waals surface area contributed by atoms with Gasteiger partial charge in [0.1, 0.15) is 0 Å². The molecule has 4 nitrogen and oxygen atoms in total. The maximum atomic E-state index is 9.08. The van der Waals surface area contributed by atoms with Gasteiger partial charge in [-0.15, -0.1) is 0 Å². The van der Waals surface area contributed by atoms with Crippen LogP contribution in [0, 0.1) is 11.3 Å². The van der Waals surface area contributed by atoms with Crippen molar-refractivity contribution in [2.24, 2.45) is 0 Å². The summed E-state index contributed by atoms with van der Waals surface area (Å²) in [5.74, 6) is 2.01. The zero-order valence-corrected chi connectivity index (χ0v) is 13.2. The Kier molecular flexibility index (Phi) is 4.24. The van der Waals surface area contributed by atoms with Gasteiger partial charge in [0, 0.05) is 23.6 Å². The Morgan fingerprint density at radius 2 is 2.14 bits per heavy atom. The molecule has 2 aliphatic rings. The molecule has 1 aromatic carbocycles. The maximum absolute atomic E-state index is 9.08. The quantitative estimate of drug-likeness (QED) is 0.866. The summed E-state index contributed by atoms with van der Waals surface area (Å²) >= 11 is 0. The van der Waals surface area contributed by atoms with Gasteiger partial charge >= 0.3 is 0 Å². The number of nitriles is 1. The molecular weight excluding hydrogens is 276 g/mol. The number of rotatable bonds is 3. The van der Waals surface area contributed by atoms with Crippen LogP contribution in [0.3, 0.4) is 0 Å². The van der Waals surface area contributed by atoms with Gasteiger partial charge < -0.3 is 14.8 Å². The Labute approximate surface area is 131 Å². The second kappa shape index (κ2) is 6.31. The van der Waals surface area contributed by atoms with E-state index in [0.29, 0.717) is 18.6 Å². The zero-order valence-electron chi connectivity index (χ0n) is 13.2. The van der Waals surface area contributed by atoms with Gasteiger partial charge in [-0.3, -0.25) is 0 Å². The average molecular weight is 298 g/mol. The molecule has 4 heteroatoms. The van der Waals surface area contributed by atoms with Crippen LogP contribution in [0.4, 0.5) is 0 Å². The normalized spacial score (nSPS) is 24.7. The Hall–Kier alpha value is -2.15. The fourth-order valence-electron chi connectivity index (χ4n) is 3.68. The molecule has 0 spiro atoms. The molecule has 1 heterocycles. The highest BCUT2D eigenvalue weighted by molar-refractivity contribution is 5.74. The molecule has 22 heavy (non-hydrogen) atoms. The summed E-state index contributed by atoms with van der Waals surface area (Å²) in [5.41, 5.74) is 3.27. The van der Waals surface area contributed by atoms with E-state index in [2.05, 4.69) is 17.5 Å². The zero-order chi connectivity index (χ0) is 15.5. The van der Waals surface area contributed by atoms with Crippen molar-refractivity contribution in [3.63, 3.8) is 0 Å². The van der Waals surface area contributed by atoms with Crippen LogP contribution < -0.4 is 14.8 Å². The van der Waals surface area contributed by atoms with Gasteiger partial charge in [-0.25, -0.2) is 0 Å². The predicted octanol–water partition coefficient (Wildman–Crippen LogP) is 3.59. The first-order chi connectivity index (χ1) is 10.8. The lowest BCUT2D eigenvalue weighted by atomic mass is 9.75. The van der Waals surface area contributed by atoms with Crippen molar-refractivity contribution in [3.8, 4) is 17.6 Å². The summed E-state index contributed by atoms with van der Waals surface area (Å²) in [5, 5.41) is 12.6. The molecule has 0 radical (unpaired) electrons. The van der Waals surface area contributed by atoms with E-state index in [0.717, 1.165) is 29.2 Å². The molecular formula is C18H22N2O2. The molecule has 0 aromatic heterocycles. The van der Waals surface area contributed by atoms with Gasteiger partial charge in [-0.05, 0) is 37.5 Å². The number of fused-ring (bicyclic) bond motifs is 3. The first kappa shape index (κ1) is 14.8. The van der Waals surface area contributed by atoms with Crippen LogP contribution in [0.15, 0.2) is 18.2 Å². The summed E-state index contributed by atoms with van der Waals surface area (Å²) < 4.78 is 11.2. The Balaban J connectivity index is 2.13. The van der Waals surface area contributed by atoms with Crippen LogP contribution in [-0.2, 0) is 0 Å². The largest absolute Gasteiger partial charge is 0.493 e. The van der Waals surface area contributed by atoms with Crippen LogP contribution >= 0.6 is 0 Å². The van der Waals surface area contributed by atoms with Gasteiger partial charge in [-0.2, -0.15) is 5.26 Å². The van der Waals surface area contributed by atoms with Crippen molar-refractivity contribution in [3.05, 3.63) is 29.3 Å². The fraction of sp³-hybridized carbons (Fsp3) is 0.500. The second-order valence-electron chi connectivity index (χ2n) is 5.85. The Bertz CT molecular complexity index is 631. The van der Waals surface area contributed by atoms with E-state index in [1.807, 2.05) is 13.0 Å². The average Bonchev–Trinajstić information content (AvgIpc) is 2.55. The van der Waals surface area contributed by atoms with Crippen molar-refractivity contribution in [1.29, 1.82) is 5.26 Å². The lowest BCUT2D eigenvalue weighted by Gasteiger charge is -2.39. The monoisotopic (exact) mass is 298 g/mol. The number of hydrogen-bond acceptors (Lipinski definition) is 4. The minimum Gasteiger partial charge on any atom is -0.493 e. The molecule has 1 aliphatic heterocycles. The molecule has 1 aliphatic carbocycles. The molecule has 116 valence electrons. The van der Waals surface area contributed by atoms with Crippen molar-refractivity contribution in [1.82, 2.24) is 5.32 Å². The molecule has 2 atom stereocenters. The summed E-state index contributed by atoms with van der Waals surface area (Å²) in [6.07, 6.45) is 6.45. The SMILES string of the molecule is CCOc1cc2c(cc1OC)C(=CC#N)NC1CCCCC21. The van der Waals surface area contributed by atoms with Gasteiger partial charge in [-0.1, -0.05) is 12.8 Å². The molecule has 0 bridgehead atoms. The van der Waals surface area contributed by atoms with E-state index >= 15 is 0 Å². The highest BCUT2D eigenvalue weighted by atomic mass is 16.5. The number of ether oxygens (including phenoxy) is 2. The van der Waals surface area contributed by atoms with Gasteiger partial charge in [0.15, 0.2) is 11.5 Å². The lowest BCUT2D eigenvalue weighted by molar-refractivity contribution is 0.306. The number of methoxy groups -OCH3 is 1. The lowest BCUT2D eigenvalue weighted by Crippen LogP contribution is -2.40. The van der Waals surface area contributed by atoms with Gasteiger partial charge in [0.05, 0.1) is 25.5 Å².